The summed E-state index contributed by atoms with van der Waals surface area (Å²) >= 11 is 0. The van der Waals surface area contributed by atoms with Crippen LogP contribution in [0.5, 0.6) is 0 Å². The van der Waals surface area contributed by atoms with Gasteiger partial charge >= 0.3 is 0 Å². The maximum Gasteiger partial charge on any atom is 0.121 e. The predicted octanol–water partition coefficient (Wildman–Crippen LogP) is -2.56. The number of oxime groups is 1. The highest BCUT2D eigenvalue weighted by Gasteiger charge is 2.29. The van der Waals surface area contributed by atoms with E-state index in [1.54, 1.807) is 6.92 Å². The smallest absolute Gasteiger partial charge is 0.121 e. The van der Waals surface area contributed by atoms with E-state index in [0.29, 0.717) is 6.61 Å². The van der Waals surface area contributed by atoms with Crippen LogP contribution in [0.15, 0.2) is 5.16 Å². The molecule has 15 heavy (non-hydrogen) atoms. The zero-order valence-corrected chi connectivity index (χ0v) is 8.39. The summed E-state index contributed by atoms with van der Waals surface area (Å²) in [6.07, 6.45) is -5.40. The van der Waals surface area contributed by atoms with Crippen LogP contribution in [0.3, 0.4) is 0 Å². The first-order chi connectivity index (χ1) is 7.04. The molecule has 4 unspecified atom stereocenters. The number of nitrogens with zero attached hydrogens (tertiary/aromatic N) is 1. The Kier molecular flexibility index (Phi) is 7.18. The lowest BCUT2D eigenvalue weighted by Gasteiger charge is -2.23. The first-order valence-corrected chi connectivity index (χ1v) is 4.53. The van der Waals surface area contributed by atoms with Crippen LogP contribution in [0.1, 0.15) is 6.92 Å². The molecule has 0 heterocycles. The molecule has 0 aliphatic carbocycles. The van der Waals surface area contributed by atoms with Gasteiger partial charge < -0.3 is 30.4 Å². The molecule has 0 spiro atoms. The van der Waals surface area contributed by atoms with Crippen LogP contribution < -0.4 is 0 Å². The molecule has 0 saturated heterocycles. The van der Waals surface area contributed by atoms with E-state index in [1.807, 2.05) is 0 Å². The Balaban J connectivity index is 4.12. The van der Waals surface area contributed by atoms with Crippen molar-refractivity contribution in [2.75, 3.05) is 13.2 Å². The van der Waals surface area contributed by atoms with Crippen molar-refractivity contribution in [2.24, 2.45) is 5.16 Å². The van der Waals surface area contributed by atoms with Crippen molar-refractivity contribution in [1.29, 1.82) is 0 Å². The summed E-state index contributed by atoms with van der Waals surface area (Å²) in [6.45, 7) is 1.28. The average Bonchev–Trinajstić information content (AvgIpc) is 2.26. The molecule has 0 bridgehead atoms. The largest absolute Gasteiger partial charge is 0.396 e. The molecule has 7 nitrogen and oxygen atoms in total. The van der Waals surface area contributed by atoms with Crippen molar-refractivity contribution in [3.05, 3.63) is 0 Å². The maximum absolute atomic E-state index is 9.27. The van der Waals surface area contributed by atoms with Gasteiger partial charge in [0.05, 0.1) is 12.8 Å². The van der Waals surface area contributed by atoms with Crippen molar-refractivity contribution in [3.63, 3.8) is 0 Å². The Bertz CT molecular complexity index is 188. The van der Waals surface area contributed by atoms with Gasteiger partial charge in [0.1, 0.15) is 31.0 Å². The van der Waals surface area contributed by atoms with Crippen LogP contribution in [-0.4, -0.2) is 69.4 Å². The normalized spacial score (nSPS) is 19.9. The van der Waals surface area contributed by atoms with Gasteiger partial charge in [0.2, 0.25) is 0 Å². The Morgan fingerprint density at radius 3 is 2.27 bits per heavy atom. The number of aliphatic hydroxyl groups excluding tert-OH is 5. The third-order valence-corrected chi connectivity index (χ3v) is 1.70. The fourth-order valence-electron chi connectivity index (χ4n) is 0.806. The third-order valence-electron chi connectivity index (χ3n) is 1.70. The van der Waals surface area contributed by atoms with Gasteiger partial charge in [0.15, 0.2) is 0 Å². The van der Waals surface area contributed by atoms with Crippen molar-refractivity contribution >= 4 is 6.21 Å². The number of hydrogen-bond donors (Lipinski definition) is 5. The number of hydrogen-bond acceptors (Lipinski definition) is 7. The summed E-state index contributed by atoms with van der Waals surface area (Å²) in [5, 5.41) is 48.4. The summed E-state index contributed by atoms with van der Waals surface area (Å²) in [7, 11) is 0. The second-order valence-corrected chi connectivity index (χ2v) is 2.89. The van der Waals surface area contributed by atoms with Gasteiger partial charge in [0, 0.05) is 0 Å². The lowest BCUT2D eigenvalue weighted by atomic mass is 10.0. The van der Waals surface area contributed by atoms with Crippen LogP contribution in [0.4, 0.5) is 0 Å². The number of rotatable bonds is 7. The van der Waals surface area contributed by atoms with E-state index < -0.39 is 31.0 Å². The van der Waals surface area contributed by atoms with E-state index in [1.165, 1.54) is 0 Å². The van der Waals surface area contributed by atoms with E-state index in [2.05, 4.69) is 9.99 Å². The fraction of sp³-hybridized carbons (Fsp3) is 0.875. The summed E-state index contributed by atoms with van der Waals surface area (Å²) in [4.78, 5) is 4.53. The van der Waals surface area contributed by atoms with Crippen LogP contribution >= 0.6 is 0 Å². The summed E-state index contributed by atoms with van der Waals surface area (Å²) in [5.74, 6) is 0. The highest BCUT2D eigenvalue weighted by Crippen LogP contribution is 2.03. The molecule has 0 fully saturated rings. The minimum Gasteiger partial charge on any atom is -0.396 e. The van der Waals surface area contributed by atoms with Crippen molar-refractivity contribution < 1.29 is 30.4 Å². The highest BCUT2D eigenvalue weighted by atomic mass is 16.6. The van der Waals surface area contributed by atoms with Crippen LogP contribution in [0.25, 0.3) is 0 Å². The zero-order chi connectivity index (χ0) is 11.8. The van der Waals surface area contributed by atoms with Gasteiger partial charge in [-0.3, -0.25) is 0 Å². The lowest BCUT2D eigenvalue weighted by molar-refractivity contribution is -0.100. The molecular formula is C8H17NO6. The number of aliphatic hydroxyl groups is 5. The fourth-order valence-corrected chi connectivity index (χ4v) is 0.806. The Morgan fingerprint density at radius 2 is 1.80 bits per heavy atom. The van der Waals surface area contributed by atoms with Gasteiger partial charge in [-0.2, -0.15) is 0 Å². The predicted molar refractivity (Wildman–Crippen MR) is 51.2 cm³/mol. The first kappa shape index (κ1) is 14.3. The standard InChI is InChI=1S/C8H17NO6/c1-2-15-9-3-5(11)7(13)8(14)6(12)4-10/h3,5-8,10-14H,2,4H2,1H3/b9-3+. The Labute approximate surface area is 87.2 Å². The summed E-state index contributed by atoms with van der Waals surface area (Å²) < 4.78 is 0. The molecule has 0 aromatic heterocycles. The van der Waals surface area contributed by atoms with E-state index in [0.717, 1.165) is 6.21 Å². The molecule has 90 valence electrons. The second kappa shape index (κ2) is 7.55. The SMILES string of the molecule is CCO/N=C/C(O)C(O)C(O)C(O)CO. The summed E-state index contributed by atoms with van der Waals surface area (Å²) in [5.41, 5.74) is 0. The van der Waals surface area contributed by atoms with E-state index in [4.69, 9.17) is 10.2 Å². The minimum absolute atomic E-state index is 0.307. The summed E-state index contributed by atoms with van der Waals surface area (Å²) in [6, 6.07) is 0. The quantitative estimate of drug-likeness (QED) is 0.239. The van der Waals surface area contributed by atoms with Crippen molar-refractivity contribution in [2.45, 2.75) is 31.3 Å². The van der Waals surface area contributed by atoms with Crippen LogP contribution in [-0.2, 0) is 4.84 Å². The molecule has 4 atom stereocenters. The zero-order valence-electron chi connectivity index (χ0n) is 8.39. The molecule has 5 N–H and O–H groups in total. The van der Waals surface area contributed by atoms with Crippen molar-refractivity contribution in [3.8, 4) is 0 Å². The van der Waals surface area contributed by atoms with Gasteiger partial charge in [0.25, 0.3) is 0 Å². The van der Waals surface area contributed by atoms with Crippen LogP contribution in [0, 0.1) is 0 Å². The molecule has 7 heteroatoms. The third kappa shape index (κ3) is 5.05. The van der Waals surface area contributed by atoms with Crippen LogP contribution in [0.2, 0.25) is 0 Å². The topological polar surface area (TPSA) is 123 Å². The average molecular weight is 223 g/mol. The molecule has 0 radical (unpaired) electrons. The molecule has 0 aliphatic heterocycles. The monoisotopic (exact) mass is 223 g/mol. The van der Waals surface area contributed by atoms with E-state index in [9.17, 15) is 15.3 Å². The minimum atomic E-state index is -1.65. The van der Waals surface area contributed by atoms with Crippen molar-refractivity contribution in [1.82, 2.24) is 0 Å². The molecular weight excluding hydrogens is 206 g/mol. The van der Waals surface area contributed by atoms with Gasteiger partial charge in [-0.1, -0.05) is 5.16 Å². The van der Waals surface area contributed by atoms with E-state index >= 15 is 0 Å². The maximum atomic E-state index is 9.27. The Morgan fingerprint density at radius 1 is 1.20 bits per heavy atom. The molecule has 0 saturated carbocycles. The lowest BCUT2D eigenvalue weighted by Crippen LogP contribution is -2.46. The molecule has 0 rings (SSSR count). The van der Waals surface area contributed by atoms with E-state index in [-0.39, 0.29) is 0 Å². The molecule has 0 amide bonds. The van der Waals surface area contributed by atoms with Gasteiger partial charge in [-0.05, 0) is 6.92 Å². The molecule has 0 aliphatic rings. The van der Waals surface area contributed by atoms with Gasteiger partial charge in [-0.15, -0.1) is 0 Å². The van der Waals surface area contributed by atoms with Gasteiger partial charge in [-0.25, -0.2) is 0 Å². The first-order valence-electron chi connectivity index (χ1n) is 4.53. The Hall–Kier alpha value is -0.730. The molecule has 0 aromatic rings. The highest BCUT2D eigenvalue weighted by molar-refractivity contribution is 5.62. The second-order valence-electron chi connectivity index (χ2n) is 2.89. The molecule has 0 aromatic carbocycles.